The average Bonchev–Trinajstić information content (AvgIpc) is 1.78. The van der Waals surface area contributed by atoms with E-state index in [0.717, 1.165) is 0 Å². The van der Waals surface area contributed by atoms with E-state index in [1.807, 2.05) is 0 Å². The highest BCUT2D eigenvalue weighted by molar-refractivity contribution is 7.00. The van der Waals surface area contributed by atoms with Crippen molar-refractivity contribution in [1.82, 2.24) is 0 Å². The lowest BCUT2D eigenvalue weighted by Gasteiger charge is -1.25. The Morgan fingerprint density at radius 1 is 0.750 bits per heavy atom. The summed E-state index contributed by atoms with van der Waals surface area (Å²) in [5.41, 5.74) is 0. The predicted octanol–water partition coefficient (Wildman–Crippen LogP) is 4.33. The van der Waals surface area contributed by atoms with Crippen LogP contribution in [0.3, 0.4) is 0 Å². The maximum absolute atomic E-state index is 8.57. The molecule has 0 atom stereocenters. The Bertz CT molecular complexity index is 28.5. The second kappa shape index (κ2) is 300000. The smallest absolute Gasteiger partial charge is 0.140 e. The Kier molecular flexibility index (Phi) is 2300000. The maximum atomic E-state index is 8.57. The monoisotopic (exact) mass is 213 g/mol. The molecule has 0 aromatic rings. The van der Waals surface area contributed by atoms with Gasteiger partial charge in [-0.3, -0.25) is 25.6 Å². The molecule has 0 aliphatic heterocycles. The van der Waals surface area contributed by atoms with E-state index in [2.05, 4.69) is 0 Å². The fraction of sp³-hybridized carbons (Fsp3) is 1.00. The zero-order chi connectivity index (χ0) is 6.71. The lowest BCUT2D eigenvalue weighted by Crippen LogP contribution is -1.29. The minimum Gasteiger partial charge on any atom is -0.279 e. The Morgan fingerprint density at radius 2 is 0.750 bits per heavy atom. The molecule has 0 aliphatic rings. The molecule has 12 heavy (non-hydrogen) atoms. The second-order valence-electron chi connectivity index (χ2n) is 0. The van der Waals surface area contributed by atoms with Gasteiger partial charge in [0.15, 0.2) is 0 Å². The summed E-state index contributed by atoms with van der Waals surface area (Å²) < 4.78 is 14.2. The Balaban J connectivity index is -0.00000000218. The van der Waals surface area contributed by atoms with Gasteiger partial charge in [0.1, 0.15) is 10.3 Å². The highest BCUT2D eigenvalue weighted by atomic mass is 31.0. The SMILES string of the molecule is C.C.C.C.C.C.OO.OO.[2H]P=O. The summed E-state index contributed by atoms with van der Waals surface area (Å²) >= 11 is 0. The summed E-state index contributed by atoms with van der Waals surface area (Å²) in [4.78, 5) is 0. The van der Waals surface area contributed by atoms with E-state index >= 15 is 0 Å². The topological polar surface area (TPSA) is 98.0 Å². The molecule has 0 saturated carbocycles. The Morgan fingerprint density at radius 3 is 0.750 bits per heavy atom. The first-order valence-corrected chi connectivity index (χ1v) is 0.948. The van der Waals surface area contributed by atoms with E-state index in [1.54, 1.807) is 0 Å². The molecule has 0 aliphatic carbocycles. The van der Waals surface area contributed by atoms with Crippen LogP contribution in [0.2, 0.25) is 0 Å². The lowest BCUT2D eigenvalue weighted by molar-refractivity contribution is -0.176. The number of hydrogen-bond donors (Lipinski definition) is 4. The van der Waals surface area contributed by atoms with Gasteiger partial charge < -0.3 is 0 Å². The van der Waals surface area contributed by atoms with E-state index in [1.165, 1.54) is 0 Å². The van der Waals surface area contributed by atoms with Crippen LogP contribution in [-0.2, 0) is 4.57 Å². The third kappa shape index (κ3) is 221000. The van der Waals surface area contributed by atoms with Crippen molar-refractivity contribution < 1.29 is 25.6 Å². The zero-order valence-electron chi connectivity index (χ0n) is 3.64. The molecule has 0 bridgehead atoms. The van der Waals surface area contributed by atoms with Crippen LogP contribution in [-0.4, -0.2) is 22.3 Å². The van der Waals surface area contributed by atoms with E-state index < -0.39 is 9.06 Å². The number of rotatable bonds is 0. The molecular weight excluding hydrogens is 183 g/mol. The first-order chi connectivity index (χ1) is 3.41. The fourth-order valence-corrected chi connectivity index (χ4v) is 0. The van der Waals surface area contributed by atoms with Gasteiger partial charge in [-0.15, -0.1) is 0 Å². The summed E-state index contributed by atoms with van der Waals surface area (Å²) in [6.07, 6.45) is 0. The summed E-state index contributed by atoms with van der Waals surface area (Å²) in [6, 6.07) is 0. The van der Waals surface area contributed by atoms with Gasteiger partial charge in [-0.25, -0.2) is 0 Å². The first kappa shape index (κ1) is 92.1. The van der Waals surface area contributed by atoms with Gasteiger partial charge >= 0.3 is 0 Å². The lowest BCUT2D eigenvalue weighted by atomic mass is 12.0. The molecule has 5 nitrogen and oxygen atoms in total. The molecule has 0 aromatic carbocycles. The van der Waals surface area contributed by atoms with Crippen LogP contribution >= 0.6 is 9.06 Å². The van der Waals surface area contributed by atoms with Crippen molar-refractivity contribution in [2.24, 2.45) is 0 Å². The average molecular weight is 213 g/mol. The minimum atomic E-state index is -0.583. The van der Waals surface area contributed by atoms with Gasteiger partial charge in [0.2, 0.25) is 0 Å². The maximum Gasteiger partial charge on any atom is 0.140 e. The van der Waals surface area contributed by atoms with Crippen LogP contribution < -0.4 is 0 Å². The summed E-state index contributed by atoms with van der Waals surface area (Å²) in [7, 11) is -0.583. The van der Waals surface area contributed by atoms with Crippen molar-refractivity contribution in [1.29, 1.82) is 1.28 Å². The molecule has 0 fully saturated rings. The van der Waals surface area contributed by atoms with Gasteiger partial charge in [0.25, 0.3) is 0 Å². The second-order valence-corrected chi connectivity index (χ2v) is 0. The van der Waals surface area contributed by atoms with Crippen LogP contribution in [0.4, 0.5) is 0 Å². The van der Waals surface area contributed by atoms with Crippen molar-refractivity contribution in [2.45, 2.75) is 44.6 Å². The summed E-state index contributed by atoms with van der Waals surface area (Å²) in [5, 5.41) is 24.0. The van der Waals surface area contributed by atoms with E-state index in [0.29, 0.717) is 0 Å². The largest absolute Gasteiger partial charge is 0.279 e. The predicted molar refractivity (Wildman–Crippen MR) is 59.9 cm³/mol. The fourth-order valence-electron chi connectivity index (χ4n) is 0. The van der Waals surface area contributed by atoms with Gasteiger partial charge in [0, 0.05) is 0 Å². The third-order valence-electron chi connectivity index (χ3n) is 0. The van der Waals surface area contributed by atoms with Crippen LogP contribution in [0, 0.1) is 0 Å². The van der Waals surface area contributed by atoms with Gasteiger partial charge in [-0.1, -0.05) is 44.6 Å². The molecule has 88 valence electrons. The molecule has 0 spiro atoms. The molecule has 0 unspecified atom stereocenters. The molecule has 0 heterocycles. The molecule has 0 aromatic heterocycles. The molecule has 0 saturated heterocycles. The van der Waals surface area contributed by atoms with Crippen LogP contribution in [0.5, 0.6) is 0 Å². The van der Waals surface area contributed by atoms with Crippen molar-refractivity contribution >= 4 is 9.06 Å². The highest BCUT2D eigenvalue weighted by Crippen LogP contribution is 1.23. The molecule has 0 amide bonds. The molecule has 6 heteroatoms. The van der Waals surface area contributed by atoms with E-state index in [-0.39, 0.29) is 44.6 Å². The van der Waals surface area contributed by atoms with Crippen molar-refractivity contribution in [3.63, 3.8) is 0 Å². The quantitative estimate of drug-likeness (QED) is 0.273. The van der Waals surface area contributed by atoms with Crippen LogP contribution in [0.25, 0.3) is 0 Å². The zero-order valence-corrected chi connectivity index (χ0v) is 3.54. The van der Waals surface area contributed by atoms with Gasteiger partial charge in [0.05, 0.1) is 0 Å². The van der Waals surface area contributed by atoms with Crippen molar-refractivity contribution in [3.8, 4) is 0 Å². The molecule has 0 rings (SSSR count). The van der Waals surface area contributed by atoms with Gasteiger partial charge in [-0.05, 0) is 0 Å². The van der Waals surface area contributed by atoms with Crippen molar-refractivity contribution in [3.05, 3.63) is 0 Å². The minimum absolute atomic E-state index is 0. The van der Waals surface area contributed by atoms with E-state index in [9.17, 15) is 0 Å². The third-order valence-corrected chi connectivity index (χ3v) is 0. The molecular formula is C6H29O5P. The summed E-state index contributed by atoms with van der Waals surface area (Å²) in [6.45, 7) is 0. The molecule has 0 radical (unpaired) electrons. The van der Waals surface area contributed by atoms with Crippen LogP contribution in [0.1, 0.15) is 44.6 Å². The standard InChI is InChI=1S/6CH4.2H2O2.HOP/c;;;;;;3*1-2/h6*1H4;2*1-2H;2H/i;;;;;;;;2D. The highest BCUT2D eigenvalue weighted by Gasteiger charge is 0.748. The summed E-state index contributed by atoms with van der Waals surface area (Å²) in [5.74, 6) is 0. The molecule has 4 N–H and O–H groups in total. The first-order valence-electron chi connectivity index (χ1n) is 1.03. The van der Waals surface area contributed by atoms with Crippen molar-refractivity contribution in [2.75, 3.05) is 0 Å². The van der Waals surface area contributed by atoms with Gasteiger partial charge in [-0.2, -0.15) is 0 Å². The Labute approximate surface area is 81.5 Å². The Hall–Kier alpha value is -0.0600. The van der Waals surface area contributed by atoms with Crippen LogP contribution in [0.15, 0.2) is 0 Å². The van der Waals surface area contributed by atoms with E-state index in [4.69, 9.17) is 26.9 Å². The normalized spacial score (nSPS) is 2.83. The number of hydrogen-bond acceptors (Lipinski definition) is 5.